The fourth-order valence-corrected chi connectivity index (χ4v) is 1.82. The average molecular weight is 286 g/mol. The van der Waals surface area contributed by atoms with Gasteiger partial charge in [-0.3, -0.25) is 4.79 Å². The number of anilines is 1. The molecule has 6 nitrogen and oxygen atoms in total. The summed E-state index contributed by atoms with van der Waals surface area (Å²) < 4.78 is 5.43. The Morgan fingerprint density at radius 3 is 2.86 bits per heavy atom. The number of nitrogens with zero attached hydrogens (tertiary/aromatic N) is 2. The molecule has 0 spiro atoms. The fourth-order valence-electron chi connectivity index (χ4n) is 1.82. The fraction of sp³-hybridized carbons (Fsp3) is 0.267. The maximum atomic E-state index is 12.3. The summed E-state index contributed by atoms with van der Waals surface area (Å²) in [7, 11) is 0. The summed E-state index contributed by atoms with van der Waals surface area (Å²) in [5, 5.41) is 10.7. The molecule has 0 atom stereocenters. The highest BCUT2D eigenvalue weighted by Gasteiger charge is 2.11. The van der Waals surface area contributed by atoms with Gasteiger partial charge in [-0.15, -0.1) is 0 Å². The number of aromatic nitrogens is 2. The van der Waals surface area contributed by atoms with Crippen LogP contribution >= 0.6 is 0 Å². The van der Waals surface area contributed by atoms with Gasteiger partial charge < -0.3 is 15.8 Å². The third kappa shape index (κ3) is 4.00. The Hall–Kier alpha value is -2.47. The molecule has 0 saturated heterocycles. The lowest BCUT2D eigenvalue weighted by atomic mass is 10.2. The number of hydrogen-bond donors (Lipinski definition) is 2. The second-order valence-corrected chi connectivity index (χ2v) is 4.60. The molecule has 1 aromatic heterocycles. The first-order valence-electron chi connectivity index (χ1n) is 6.65. The third-order valence-electron chi connectivity index (χ3n) is 2.82. The summed E-state index contributed by atoms with van der Waals surface area (Å²) >= 11 is 0. The summed E-state index contributed by atoms with van der Waals surface area (Å²) in [6, 6.07) is 8.89. The van der Waals surface area contributed by atoms with Crippen LogP contribution in [0.1, 0.15) is 21.7 Å². The van der Waals surface area contributed by atoms with Gasteiger partial charge in [-0.25, -0.2) is 0 Å². The van der Waals surface area contributed by atoms with Crippen molar-refractivity contribution in [2.45, 2.75) is 13.8 Å². The van der Waals surface area contributed by atoms with Crippen LogP contribution in [0, 0.1) is 13.8 Å². The molecule has 0 saturated carbocycles. The van der Waals surface area contributed by atoms with E-state index >= 15 is 0 Å². The van der Waals surface area contributed by atoms with Crippen molar-refractivity contribution in [2.24, 2.45) is 5.73 Å². The normalized spacial score (nSPS) is 10.2. The minimum atomic E-state index is -0.221. The van der Waals surface area contributed by atoms with Crippen molar-refractivity contribution in [3.05, 3.63) is 47.3 Å². The summed E-state index contributed by atoms with van der Waals surface area (Å²) in [6.07, 6.45) is 0. The Balaban J connectivity index is 2.14. The van der Waals surface area contributed by atoms with Gasteiger partial charge in [0.2, 0.25) is 0 Å². The number of ether oxygens (including phenoxy) is 1. The molecule has 1 aromatic carbocycles. The second-order valence-electron chi connectivity index (χ2n) is 4.60. The van der Waals surface area contributed by atoms with Crippen LogP contribution in [0.25, 0.3) is 0 Å². The van der Waals surface area contributed by atoms with E-state index in [0.29, 0.717) is 41.5 Å². The van der Waals surface area contributed by atoms with Crippen molar-refractivity contribution in [1.82, 2.24) is 10.2 Å². The number of nitrogens with two attached hydrogens (primary N) is 1. The van der Waals surface area contributed by atoms with Crippen molar-refractivity contribution in [2.75, 3.05) is 18.5 Å². The van der Waals surface area contributed by atoms with Gasteiger partial charge in [0.05, 0.1) is 17.0 Å². The first-order chi connectivity index (χ1) is 10.1. The van der Waals surface area contributed by atoms with Crippen LogP contribution in [-0.4, -0.2) is 29.3 Å². The second kappa shape index (κ2) is 6.81. The number of benzene rings is 1. The van der Waals surface area contributed by atoms with Crippen LogP contribution in [0.4, 0.5) is 5.69 Å². The number of carbonyl (C=O) groups excluding carboxylic acids is 1. The first kappa shape index (κ1) is 14.9. The molecule has 3 N–H and O–H groups in total. The van der Waals surface area contributed by atoms with Gasteiger partial charge in [0, 0.05) is 18.3 Å². The van der Waals surface area contributed by atoms with E-state index in [9.17, 15) is 4.79 Å². The van der Waals surface area contributed by atoms with Crippen LogP contribution in [0.5, 0.6) is 5.75 Å². The number of amides is 1. The molecule has 2 rings (SSSR count). The minimum Gasteiger partial charge on any atom is -0.492 e. The standard InChI is InChI=1S/C15H18N4O2/c1-10-8-14(11(2)19-18-10)15(20)17-12-4-3-5-13(9-12)21-7-6-16/h3-5,8-9H,6-7,16H2,1-2H3,(H,17,20). The van der Waals surface area contributed by atoms with Crippen LogP contribution in [0.3, 0.4) is 0 Å². The van der Waals surface area contributed by atoms with E-state index in [1.165, 1.54) is 0 Å². The van der Waals surface area contributed by atoms with Gasteiger partial charge in [-0.2, -0.15) is 10.2 Å². The van der Waals surface area contributed by atoms with Crippen molar-refractivity contribution < 1.29 is 9.53 Å². The molecule has 0 aliphatic heterocycles. The van der Waals surface area contributed by atoms with E-state index in [4.69, 9.17) is 10.5 Å². The Kier molecular flexibility index (Phi) is 4.84. The van der Waals surface area contributed by atoms with Gasteiger partial charge >= 0.3 is 0 Å². The molecule has 1 heterocycles. The molecule has 110 valence electrons. The maximum absolute atomic E-state index is 12.3. The lowest BCUT2D eigenvalue weighted by Crippen LogP contribution is -2.15. The maximum Gasteiger partial charge on any atom is 0.257 e. The predicted octanol–water partition coefficient (Wildman–Crippen LogP) is 1.68. The van der Waals surface area contributed by atoms with Gasteiger partial charge in [0.25, 0.3) is 5.91 Å². The zero-order valence-electron chi connectivity index (χ0n) is 12.1. The third-order valence-corrected chi connectivity index (χ3v) is 2.82. The Bertz CT molecular complexity index is 643. The molecule has 2 aromatic rings. The van der Waals surface area contributed by atoms with Crippen molar-refractivity contribution in [1.29, 1.82) is 0 Å². The van der Waals surface area contributed by atoms with E-state index in [1.807, 2.05) is 12.1 Å². The summed E-state index contributed by atoms with van der Waals surface area (Å²) in [5.74, 6) is 0.445. The summed E-state index contributed by atoms with van der Waals surface area (Å²) in [5.41, 5.74) is 7.85. The zero-order valence-corrected chi connectivity index (χ0v) is 12.1. The number of hydrogen-bond acceptors (Lipinski definition) is 5. The first-order valence-corrected chi connectivity index (χ1v) is 6.65. The smallest absolute Gasteiger partial charge is 0.257 e. The monoisotopic (exact) mass is 286 g/mol. The van der Waals surface area contributed by atoms with Crippen molar-refractivity contribution >= 4 is 11.6 Å². The number of aryl methyl sites for hydroxylation is 2. The van der Waals surface area contributed by atoms with Crippen molar-refractivity contribution in [3.63, 3.8) is 0 Å². The summed E-state index contributed by atoms with van der Waals surface area (Å²) in [6.45, 7) is 4.42. The highest BCUT2D eigenvalue weighted by Crippen LogP contribution is 2.18. The predicted molar refractivity (Wildman–Crippen MR) is 80.5 cm³/mol. The van der Waals surface area contributed by atoms with Crippen LogP contribution in [0.15, 0.2) is 30.3 Å². The molecule has 0 bridgehead atoms. The van der Waals surface area contributed by atoms with Gasteiger partial charge in [-0.05, 0) is 32.0 Å². The lowest BCUT2D eigenvalue weighted by Gasteiger charge is -2.09. The Labute approximate surface area is 123 Å². The topological polar surface area (TPSA) is 90.1 Å². The van der Waals surface area contributed by atoms with E-state index in [-0.39, 0.29) is 5.91 Å². The van der Waals surface area contributed by atoms with Gasteiger partial charge in [-0.1, -0.05) is 6.07 Å². The van der Waals surface area contributed by atoms with E-state index < -0.39 is 0 Å². The molecule has 0 radical (unpaired) electrons. The van der Waals surface area contributed by atoms with Crippen LogP contribution in [-0.2, 0) is 0 Å². The Morgan fingerprint density at radius 1 is 1.29 bits per heavy atom. The summed E-state index contributed by atoms with van der Waals surface area (Å²) in [4.78, 5) is 12.3. The molecular weight excluding hydrogens is 268 g/mol. The number of rotatable bonds is 5. The molecule has 6 heteroatoms. The molecule has 21 heavy (non-hydrogen) atoms. The van der Waals surface area contributed by atoms with E-state index in [1.54, 1.807) is 32.0 Å². The SMILES string of the molecule is Cc1cc(C(=O)Nc2cccc(OCCN)c2)c(C)nn1. The van der Waals surface area contributed by atoms with Crippen molar-refractivity contribution in [3.8, 4) is 5.75 Å². The van der Waals surface area contributed by atoms with E-state index in [2.05, 4.69) is 15.5 Å². The number of nitrogens with one attached hydrogen (secondary N) is 1. The van der Waals surface area contributed by atoms with Crippen LogP contribution < -0.4 is 15.8 Å². The molecule has 0 aliphatic rings. The highest BCUT2D eigenvalue weighted by atomic mass is 16.5. The van der Waals surface area contributed by atoms with Crippen LogP contribution in [0.2, 0.25) is 0 Å². The molecule has 0 fully saturated rings. The quantitative estimate of drug-likeness (QED) is 0.872. The Morgan fingerprint density at radius 2 is 2.10 bits per heavy atom. The van der Waals surface area contributed by atoms with E-state index in [0.717, 1.165) is 0 Å². The zero-order chi connectivity index (χ0) is 15.2. The molecule has 0 aliphatic carbocycles. The van der Waals surface area contributed by atoms with Gasteiger partial charge in [0.1, 0.15) is 12.4 Å². The molecular formula is C15H18N4O2. The highest BCUT2D eigenvalue weighted by molar-refractivity contribution is 6.05. The largest absolute Gasteiger partial charge is 0.492 e. The molecule has 0 unspecified atom stereocenters. The minimum absolute atomic E-state index is 0.221. The number of carbonyl (C=O) groups is 1. The lowest BCUT2D eigenvalue weighted by molar-refractivity contribution is 0.102. The average Bonchev–Trinajstić information content (AvgIpc) is 2.48. The molecule has 1 amide bonds. The van der Waals surface area contributed by atoms with Gasteiger partial charge in [0.15, 0.2) is 0 Å².